The summed E-state index contributed by atoms with van der Waals surface area (Å²) < 4.78 is 0. The zero-order chi connectivity index (χ0) is 27.1. The molecule has 5 heteroatoms. The third kappa shape index (κ3) is 13.8. The first-order chi connectivity index (χ1) is 19.3. The Balaban J connectivity index is 0.00000441. The van der Waals surface area contributed by atoms with Gasteiger partial charge in [0.25, 0.3) is 0 Å². The van der Waals surface area contributed by atoms with E-state index in [-0.39, 0.29) is 58.9 Å². The molecular formula is C38H51Cl3SiTi. The zero-order valence-corrected chi connectivity index (χ0v) is 31.3. The summed E-state index contributed by atoms with van der Waals surface area (Å²) in [5.41, 5.74) is 7.17. The first-order valence-corrected chi connectivity index (χ1v) is 17.3. The van der Waals surface area contributed by atoms with Crippen molar-refractivity contribution in [3.8, 4) is 11.1 Å². The van der Waals surface area contributed by atoms with E-state index in [2.05, 4.69) is 80.6 Å². The summed E-state index contributed by atoms with van der Waals surface area (Å²) in [7, 11) is 0.691. The van der Waals surface area contributed by atoms with Crippen molar-refractivity contribution in [3.63, 3.8) is 0 Å². The Kier molecular flexibility index (Phi) is 24.4. The van der Waals surface area contributed by atoms with Gasteiger partial charge in [-0.3, -0.25) is 0 Å². The maximum atomic E-state index is 3.83. The number of rotatable bonds is 19. The topological polar surface area (TPSA) is 0 Å². The number of fused-ring (bicyclic) bond motifs is 3. The molecule has 0 fully saturated rings. The van der Waals surface area contributed by atoms with Gasteiger partial charge in [0.15, 0.2) is 0 Å². The molecule has 0 N–H and O–H groups in total. The zero-order valence-electron chi connectivity index (χ0n) is 26.5. The van der Waals surface area contributed by atoms with Crippen LogP contribution in [0.3, 0.4) is 0 Å². The van der Waals surface area contributed by atoms with Gasteiger partial charge in [-0.2, -0.15) is 23.4 Å². The van der Waals surface area contributed by atoms with Gasteiger partial charge in [-0.25, -0.2) is 0 Å². The number of unbranched alkanes of at least 4 members (excludes halogenated alkanes) is 15. The minimum atomic E-state index is 0. The fourth-order valence-corrected chi connectivity index (χ4v) is 7.51. The van der Waals surface area contributed by atoms with Crippen LogP contribution in [-0.4, -0.2) is 9.52 Å². The predicted molar refractivity (Wildman–Crippen MR) is 173 cm³/mol. The Hall–Kier alpha value is -0.539. The van der Waals surface area contributed by atoms with Crippen molar-refractivity contribution in [2.75, 3.05) is 0 Å². The van der Waals surface area contributed by atoms with Crippen molar-refractivity contribution in [1.82, 2.24) is 0 Å². The molecule has 1 unspecified atom stereocenters. The van der Waals surface area contributed by atoms with E-state index >= 15 is 0 Å². The smallest absolute Gasteiger partial charge is 1.00 e. The van der Waals surface area contributed by atoms with E-state index in [4.69, 9.17) is 0 Å². The number of halogens is 3. The van der Waals surface area contributed by atoms with Crippen LogP contribution in [0.2, 0.25) is 0 Å². The maximum Gasteiger partial charge on any atom is 4.00 e. The van der Waals surface area contributed by atoms with Gasteiger partial charge in [0, 0.05) is 0 Å². The number of aryl methyl sites for hydroxylation is 1. The third-order valence-electron chi connectivity index (χ3n) is 8.71. The van der Waals surface area contributed by atoms with Crippen molar-refractivity contribution in [2.24, 2.45) is 0 Å². The molecule has 1 atom stereocenters. The van der Waals surface area contributed by atoms with Crippen molar-refractivity contribution in [3.05, 3.63) is 83.4 Å². The Morgan fingerprint density at radius 1 is 0.581 bits per heavy atom. The van der Waals surface area contributed by atoms with Crippen LogP contribution in [0.4, 0.5) is 0 Å². The average molecular weight is 690 g/mol. The normalized spacial score (nSPS) is 12.7. The van der Waals surface area contributed by atoms with E-state index in [9.17, 15) is 0 Å². The number of hydrogen-bond acceptors (Lipinski definition) is 0. The van der Waals surface area contributed by atoms with Crippen molar-refractivity contribution < 1.29 is 58.9 Å². The van der Waals surface area contributed by atoms with Gasteiger partial charge >= 0.3 is 21.7 Å². The predicted octanol–water partition coefficient (Wildman–Crippen LogP) is 1.09. The van der Waals surface area contributed by atoms with Gasteiger partial charge in [-0.15, -0.1) is 11.1 Å². The molecule has 3 aromatic rings. The minimum absolute atomic E-state index is 0. The average Bonchev–Trinajstić information content (AvgIpc) is 3.25. The molecule has 4 rings (SSSR count). The van der Waals surface area contributed by atoms with Crippen LogP contribution in [-0.2, 0) is 28.1 Å². The summed E-state index contributed by atoms with van der Waals surface area (Å²) in [4.78, 5) is 0. The molecule has 0 saturated heterocycles. The van der Waals surface area contributed by atoms with E-state index in [0.29, 0.717) is 15.4 Å². The van der Waals surface area contributed by atoms with Gasteiger partial charge in [0.1, 0.15) is 0 Å². The first-order valence-electron chi connectivity index (χ1n) is 16.3. The molecule has 0 spiro atoms. The number of benzene rings is 3. The van der Waals surface area contributed by atoms with Gasteiger partial charge in [-0.05, 0) is 29.9 Å². The van der Waals surface area contributed by atoms with E-state index in [1.165, 1.54) is 142 Å². The summed E-state index contributed by atoms with van der Waals surface area (Å²) in [5, 5.41) is 2.87. The van der Waals surface area contributed by atoms with Crippen LogP contribution in [0.25, 0.3) is 11.1 Å². The molecule has 0 nitrogen and oxygen atoms in total. The molecule has 0 bridgehead atoms. The standard InChI is InChI=1S/C38H51Si.3ClH.Ti/c1-3-4-5-6-7-8-9-10-11-12-13-14-15-16-17-18-23-32-24-19-22-27-38(32)39-33-28-29-36-35-26-21-20-25-34(35)31(2)37(36)30-33;;;;/h19-22,24-29,31H,3-18,23H2,1-2H3;3*1H;/q-1;;;;+4/p-3. The Bertz CT molecular complexity index is 1140. The molecular weight excluding hydrogens is 639 g/mol. The van der Waals surface area contributed by atoms with Gasteiger partial charge in [0.05, 0.1) is 9.52 Å². The molecule has 3 aromatic carbocycles. The molecule has 232 valence electrons. The Morgan fingerprint density at radius 3 is 1.70 bits per heavy atom. The van der Waals surface area contributed by atoms with Crippen molar-refractivity contribution >= 4 is 19.9 Å². The summed E-state index contributed by atoms with van der Waals surface area (Å²) in [6.07, 6.45) is 24.1. The summed E-state index contributed by atoms with van der Waals surface area (Å²) in [6, 6.07) is 26.5. The third-order valence-corrected chi connectivity index (χ3v) is 10.0. The minimum Gasteiger partial charge on any atom is -1.00 e. The molecule has 0 saturated carbocycles. The molecule has 0 heterocycles. The number of hydrogen-bond donors (Lipinski definition) is 0. The second-order valence-electron chi connectivity index (χ2n) is 11.8. The summed E-state index contributed by atoms with van der Waals surface area (Å²) in [5.74, 6) is 0.446. The van der Waals surface area contributed by atoms with E-state index < -0.39 is 0 Å². The van der Waals surface area contributed by atoms with E-state index in [1.54, 1.807) is 5.56 Å². The molecule has 43 heavy (non-hydrogen) atoms. The molecule has 1 aliphatic carbocycles. The Labute approximate surface area is 300 Å². The van der Waals surface area contributed by atoms with E-state index in [1.807, 2.05) is 0 Å². The fourth-order valence-electron chi connectivity index (χ4n) is 6.30. The van der Waals surface area contributed by atoms with Gasteiger partial charge < -0.3 is 37.2 Å². The summed E-state index contributed by atoms with van der Waals surface area (Å²) in [6.45, 7) is 4.63. The molecule has 1 aliphatic rings. The maximum absolute atomic E-state index is 3.83. The van der Waals surface area contributed by atoms with Crippen LogP contribution < -0.4 is 47.6 Å². The van der Waals surface area contributed by atoms with Crippen molar-refractivity contribution in [1.29, 1.82) is 0 Å². The van der Waals surface area contributed by atoms with Crippen LogP contribution >= 0.6 is 0 Å². The van der Waals surface area contributed by atoms with Crippen molar-refractivity contribution in [2.45, 2.75) is 129 Å². The molecule has 0 aliphatic heterocycles. The van der Waals surface area contributed by atoms with Crippen LogP contribution in [0.5, 0.6) is 0 Å². The van der Waals surface area contributed by atoms with Crippen LogP contribution in [0, 0.1) is 6.07 Å². The molecule has 0 aromatic heterocycles. The monoisotopic (exact) mass is 688 g/mol. The van der Waals surface area contributed by atoms with E-state index in [0.717, 1.165) is 0 Å². The second kappa shape index (κ2) is 24.7. The van der Waals surface area contributed by atoms with Crippen LogP contribution in [0.15, 0.2) is 60.7 Å². The van der Waals surface area contributed by atoms with Crippen LogP contribution in [0.1, 0.15) is 139 Å². The Morgan fingerprint density at radius 2 is 1.09 bits per heavy atom. The largest absolute Gasteiger partial charge is 4.00 e. The quantitative estimate of drug-likeness (QED) is 0.101. The second-order valence-corrected chi connectivity index (χ2v) is 13.2. The van der Waals surface area contributed by atoms with Gasteiger partial charge in [-0.1, -0.05) is 169 Å². The SMILES string of the molecule is CCCCCCCCCCCCCCCCCCc1ccccc1[Si]c1[c-]c2c(cc1)-c1ccccc1C2C.[Cl-].[Cl-].[Cl-].[Ti+4]. The molecule has 0 amide bonds. The van der Waals surface area contributed by atoms with Gasteiger partial charge in [0.2, 0.25) is 0 Å². The first kappa shape index (κ1) is 42.5. The fraction of sp³-hybridized carbons (Fsp3) is 0.526. The molecule has 2 radical (unpaired) electrons. The summed E-state index contributed by atoms with van der Waals surface area (Å²) >= 11 is 0.